The number of aryl methyl sites for hydroxylation is 1. The quantitative estimate of drug-likeness (QED) is 0.463. The zero-order chi connectivity index (χ0) is 21.4. The number of carbonyl (C=O) groups is 2. The SMILES string of the molecule is COc1ccc(CCC(=O)c2ccccc2OCC(=O)OC(C)(C)C)cc1OC. The molecule has 0 heterocycles. The molecule has 0 radical (unpaired) electrons. The molecule has 0 fully saturated rings. The smallest absolute Gasteiger partial charge is 0.344 e. The Kier molecular flexibility index (Phi) is 7.65. The highest BCUT2D eigenvalue weighted by atomic mass is 16.6. The van der Waals surface area contributed by atoms with Crippen LogP contribution in [-0.2, 0) is 16.0 Å². The van der Waals surface area contributed by atoms with E-state index in [0.717, 1.165) is 5.56 Å². The number of rotatable bonds is 9. The van der Waals surface area contributed by atoms with Crippen LogP contribution >= 0.6 is 0 Å². The molecule has 0 atom stereocenters. The molecule has 0 N–H and O–H groups in total. The number of benzene rings is 2. The number of ether oxygens (including phenoxy) is 4. The van der Waals surface area contributed by atoms with E-state index >= 15 is 0 Å². The van der Waals surface area contributed by atoms with Crippen LogP contribution < -0.4 is 14.2 Å². The summed E-state index contributed by atoms with van der Waals surface area (Å²) in [5.41, 5.74) is 0.814. The Morgan fingerprint density at radius 1 is 0.897 bits per heavy atom. The standard InChI is InChI=1S/C23H28O6/c1-23(2,3)29-22(25)15-28-19-9-7-6-8-17(19)18(24)12-10-16-11-13-20(26-4)21(14-16)27-5/h6-9,11,13-14H,10,12,15H2,1-5H3. The van der Waals surface area contributed by atoms with Crippen LogP contribution in [0.25, 0.3) is 0 Å². The van der Waals surface area contributed by atoms with Crippen molar-refractivity contribution in [3.05, 3.63) is 53.6 Å². The topological polar surface area (TPSA) is 71.1 Å². The first-order valence-electron chi connectivity index (χ1n) is 9.41. The minimum Gasteiger partial charge on any atom is -0.493 e. The van der Waals surface area contributed by atoms with E-state index < -0.39 is 11.6 Å². The van der Waals surface area contributed by atoms with E-state index in [1.54, 1.807) is 59.3 Å². The third-order valence-corrected chi connectivity index (χ3v) is 4.04. The van der Waals surface area contributed by atoms with Crippen molar-refractivity contribution in [2.75, 3.05) is 20.8 Å². The van der Waals surface area contributed by atoms with Crippen LogP contribution in [0.4, 0.5) is 0 Å². The zero-order valence-corrected chi connectivity index (χ0v) is 17.6. The summed E-state index contributed by atoms with van der Waals surface area (Å²) in [6, 6.07) is 12.5. The van der Waals surface area contributed by atoms with Crippen LogP contribution in [0.3, 0.4) is 0 Å². The van der Waals surface area contributed by atoms with Gasteiger partial charge in [0, 0.05) is 6.42 Å². The van der Waals surface area contributed by atoms with Crippen LogP contribution in [0.1, 0.15) is 43.1 Å². The van der Waals surface area contributed by atoms with Gasteiger partial charge in [-0.2, -0.15) is 0 Å². The molecule has 0 aliphatic rings. The highest BCUT2D eigenvalue weighted by molar-refractivity contribution is 5.98. The third-order valence-electron chi connectivity index (χ3n) is 4.04. The van der Waals surface area contributed by atoms with Gasteiger partial charge in [0.1, 0.15) is 11.4 Å². The second-order valence-corrected chi connectivity index (χ2v) is 7.48. The highest BCUT2D eigenvalue weighted by Crippen LogP contribution is 2.28. The van der Waals surface area contributed by atoms with Crippen molar-refractivity contribution in [1.29, 1.82) is 0 Å². The first-order valence-corrected chi connectivity index (χ1v) is 9.41. The number of carbonyl (C=O) groups excluding carboxylic acids is 2. The Morgan fingerprint density at radius 2 is 1.59 bits per heavy atom. The van der Waals surface area contributed by atoms with Gasteiger partial charge in [-0.25, -0.2) is 4.79 Å². The number of Topliss-reactive ketones (excluding diaryl/α,β-unsaturated/α-hetero) is 1. The fourth-order valence-electron chi connectivity index (χ4n) is 2.76. The van der Waals surface area contributed by atoms with Crippen molar-refractivity contribution in [2.24, 2.45) is 0 Å². The largest absolute Gasteiger partial charge is 0.493 e. The van der Waals surface area contributed by atoms with Gasteiger partial charge >= 0.3 is 5.97 Å². The van der Waals surface area contributed by atoms with Gasteiger partial charge in [-0.05, 0) is 57.0 Å². The Bertz CT molecular complexity index is 851. The van der Waals surface area contributed by atoms with Crippen LogP contribution in [0, 0.1) is 0 Å². The van der Waals surface area contributed by atoms with Gasteiger partial charge in [0.15, 0.2) is 23.9 Å². The molecule has 0 saturated carbocycles. The minimum absolute atomic E-state index is 0.0698. The van der Waals surface area contributed by atoms with Crippen molar-refractivity contribution in [3.8, 4) is 17.2 Å². The lowest BCUT2D eigenvalue weighted by atomic mass is 10.0. The number of hydrogen-bond acceptors (Lipinski definition) is 6. The summed E-state index contributed by atoms with van der Waals surface area (Å²) < 4.78 is 21.3. The molecule has 0 amide bonds. The average Bonchev–Trinajstić information content (AvgIpc) is 2.69. The summed E-state index contributed by atoms with van der Waals surface area (Å²) in [5.74, 6) is 1.09. The molecule has 0 aliphatic heterocycles. The van der Waals surface area contributed by atoms with Gasteiger partial charge in [0.25, 0.3) is 0 Å². The third kappa shape index (κ3) is 6.82. The fraction of sp³-hybridized carbons (Fsp3) is 0.391. The molecule has 2 aromatic carbocycles. The minimum atomic E-state index is -0.588. The lowest BCUT2D eigenvalue weighted by Crippen LogP contribution is -2.27. The van der Waals surface area contributed by atoms with E-state index in [-0.39, 0.29) is 12.4 Å². The second-order valence-electron chi connectivity index (χ2n) is 7.48. The van der Waals surface area contributed by atoms with E-state index in [4.69, 9.17) is 18.9 Å². The van der Waals surface area contributed by atoms with E-state index in [1.165, 1.54) is 0 Å². The molecule has 6 nitrogen and oxygen atoms in total. The summed E-state index contributed by atoms with van der Waals surface area (Å²) in [7, 11) is 3.15. The average molecular weight is 400 g/mol. The van der Waals surface area contributed by atoms with Crippen molar-refractivity contribution in [3.63, 3.8) is 0 Å². The molecular weight excluding hydrogens is 372 g/mol. The number of para-hydroxylation sites is 1. The molecule has 0 spiro atoms. The van der Waals surface area contributed by atoms with Crippen LogP contribution in [-0.4, -0.2) is 38.2 Å². The maximum Gasteiger partial charge on any atom is 0.344 e. The first kappa shape index (κ1) is 22.3. The van der Waals surface area contributed by atoms with Crippen LogP contribution in [0.15, 0.2) is 42.5 Å². The van der Waals surface area contributed by atoms with E-state index in [1.807, 2.05) is 18.2 Å². The highest BCUT2D eigenvalue weighted by Gasteiger charge is 2.18. The van der Waals surface area contributed by atoms with Crippen molar-refractivity contribution < 1.29 is 28.5 Å². The van der Waals surface area contributed by atoms with Gasteiger partial charge in [-0.3, -0.25) is 4.79 Å². The normalized spacial score (nSPS) is 10.9. The molecule has 0 saturated heterocycles. The van der Waals surface area contributed by atoms with Gasteiger partial charge < -0.3 is 18.9 Å². The second kappa shape index (κ2) is 9.96. The summed E-state index contributed by atoms with van der Waals surface area (Å²) in [6.07, 6.45) is 0.835. The maximum atomic E-state index is 12.7. The summed E-state index contributed by atoms with van der Waals surface area (Å²) >= 11 is 0. The molecule has 0 bridgehead atoms. The Balaban J connectivity index is 2.02. The predicted molar refractivity (Wildman–Crippen MR) is 110 cm³/mol. The number of hydrogen-bond donors (Lipinski definition) is 0. The van der Waals surface area contributed by atoms with E-state index in [2.05, 4.69) is 0 Å². The van der Waals surface area contributed by atoms with Crippen LogP contribution in [0.2, 0.25) is 0 Å². The van der Waals surface area contributed by atoms with Gasteiger partial charge in [0.2, 0.25) is 0 Å². The first-order chi connectivity index (χ1) is 13.7. The molecule has 156 valence electrons. The Labute approximate surface area is 171 Å². The molecule has 0 aliphatic carbocycles. The maximum absolute atomic E-state index is 12.7. The van der Waals surface area contributed by atoms with Gasteiger partial charge in [-0.1, -0.05) is 18.2 Å². The summed E-state index contributed by atoms with van der Waals surface area (Å²) in [5, 5.41) is 0. The zero-order valence-electron chi connectivity index (χ0n) is 17.6. The molecular formula is C23H28O6. The number of esters is 1. The van der Waals surface area contributed by atoms with Crippen LogP contribution in [0.5, 0.6) is 17.2 Å². The molecule has 0 unspecified atom stereocenters. The lowest BCUT2D eigenvalue weighted by molar-refractivity contribution is -0.157. The fourth-order valence-corrected chi connectivity index (χ4v) is 2.76. The summed E-state index contributed by atoms with van der Waals surface area (Å²) in [6.45, 7) is 5.11. The monoisotopic (exact) mass is 400 g/mol. The lowest BCUT2D eigenvalue weighted by Gasteiger charge is -2.19. The molecule has 2 rings (SSSR count). The molecule has 0 aromatic heterocycles. The Hall–Kier alpha value is -3.02. The number of methoxy groups -OCH3 is 2. The Morgan fingerprint density at radius 3 is 2.24 bits per heavy atom. The summed E-state index contributed by atoms with van der Waals surface area (Å²) in [4.78, 5) is 24.6. The van der Waals surface area contributed by atoms with Gasteiger partial charge in [-0.15, -0.1) is 0 Å². The van der Waals surface area contributed by atoms with Gasteiger partial charge in [0.05, 0.1) is 19.8 Å². The van der Waals surface area contributed by atoms with Crippen molar-refractivity contribution in [1.82, 2.24) is 0 Å². The van der Waals surface area contributed by atoms with E-state index in [0.29, 0.717) is 35.7 Å². The van der Waals surface area contributed by atoms with E-state index in [9.17, 15) is 9.59 Å². The predicted octanol–water partition coefficient (Wildman–Crippen LogP) is 4.24. The molecule has 6 heteroatoms. The molecule has 2 aromatic rings. The van der Waals surface area contributed by atoms with Crippen molar-refractivity contribution in [2.45, 2.75) is 39.2 Å². The van der Waals surface area contributed by atoms with Crippen molar-refractivity contribution >= 4 is 11.8 Å². The molecule has 29 heavy (non-hydrogen) atoms. The number of ketones is 1.